The van der Waals surface area contributed by atoms with Crippen molar-refractivity contribution in [2.45, 2.75) is 6.10 Å². The van der Waals surface area contributed by atoms with Gasteiger partial charge in [-0.3, -0.25) is 9.69 Å². The monoisotopic (exact) mass is 250 g/mol. The fourth-order valence-electron chi connectivity index (χ4n) is 1.95. The van der Waals surface area contributed by atoms with Gasteiger partial charge in [-0.25, -0.2) is 0 Å². The maximum absolute atomic E-state index is 10.9. The minimum atomic E-state index is -0.306. The van der Waals surface area contributed by atoms with Crippen molar-refractivity contribution < 1.29 is 14.3 Å². The lowest BCUT2D eigenvalue weighted by Gasteiger charge is -2.31. The van der Waals surface area contributed by atoms with Crippen molar-refractivity contribution in [3.05, 3.63) is 30.3 Å². The molecule has 5 nitrogen and oxygen atoms in total. The lowest BCUT2D eigenvalue weighted by molar-refractivity contribution is -0.121. The van der Waals surface area contributed by atoms with Crippen molar-refractivity contribution in [1.82, 2.24) is 4.90 Å². The number of rotatable bonds is 5. The lowest BCUT2D eigenvalue weighted by atomic mass is 10.3. The van der Waals surface area contributed by atoms with Gasteiger partial charge in [-0.2, -0.15) is 0 Å². The normalized spacial score (nSPS) is 20.6. The zero-order chi connectivity index (χ0) is 12.8. The largest absolute Gasteiger partial charge is 0.491 e. The molecule has 0 unspecified atom stereocenters. The first-order chi connectivity index (χ1) is 8.74. The second-order valence-electron chi connectivity index (χ2n) is 4.32. The summed E-state index contributed by atoms with van der Waals surface area (Å²) >= 11 is 0. The summed E-state index contributed by atoms with van der Waals surface area (Å²) in [6.07, 6.45) is -0.0155. The van der Waals surface area contributed by atoms with Crippen LogP contribution in [0.25, 0.3) is 0 Å². The average molecular weight is 250 g/mol. The minimum absolute atomic E-state index is 0.0155. The highest BCUT2D eigenvalue weighted by molar-refractivity contribution is 5.75. The van der Waals surface area contributed by atoms with Gasteiger partial charge in [0.05, 0.1) is 13.2 Å². The van der Waals surface area contributed by atoms with Crippen LogP contribution in [0.5, 0.6) is 5.75 Å². The maximum atomic E-state index is 10.9. The fourth-order valence-corrected chi connectivity index (χ4v) is 1.95. The van der Waals surface area contributed by atoms with Crippen molar-refractivity contribution in [2.24, 2.45) is 5.73 Å². The van der Waals surface area contributed by atoms with E-state index in [9.17, 15) is 4.79 Å². The second-order valence-corrected chi connectivity index (χ2v) is 4.32. The number of primary amides is 1. The molecule has 98 valence electrons. The Morgan fingerprint density at radius 1 is 1.44 bits per heavy atom. The van der Waals surface area contributed by atoms with Gasteiger partial charge in [-0.1, -0.05) is 18.2 Å². The van der Waals surface area contributed by atoms with Crippen LogP contribution < -0.4 is 10.5 Å². The fraction of sp³-hybridized carbons (Fsp3) is 0.462. The van der Waals surface area contributed by atoms with Crippen molar-refractivity contribution in [1.29, 1.82) is 0 Å². The van der Waals surface area contributed by atoms with E-state index < -0.39 is 0 Å². The van der Waals surface area contributed by atoms with E-state index in [2.05, 4.69) is 0 Å². The van der Waals surface area contributed by atoms with Gasteiger partial charge in [0.25, 0.3) is 0 Å². The summed E-state index contributed by atoms with van der Waals surface area (Å²) < 4.78 is 11.2. The molecule has 18 heavy (non-hydrogen) atoms. The number of benzene rings is 1. The molecule has 0 radical (unpaired) electrons. The molecule has 5 heteroatoms. The van der Waals surface area contributed by atoms with E-state index in [0.717, 1.165) is 12.3 Å². The van der Waals surface area contributed by atoms with Gasteiger partial charge in [0, 0.05) is 13.1 Å². The molecule has 0 aliphatic carbocycles. The third-order valence-corrected chi connectivity index (χ3v) is 2.78. The number of hydrogen-bond acceptors (Lipinski definition) is 4. The van der Waals surface area contributed by atoms with Crippen molar-refractivity contribution in [3.8, 4) is 5.75 Å². The van der Waals surface area contributed by atoms with E-state index in [-0.39, 0.29) is 18.6 Å². The number of para-hydroxylation sites is 1. The quantitative estimate of drug-likeness (QED) is 0.813. The molecule has 1 fully saturated rings. The van der Waals surface area contributed by atoms with Crippen LogP contribution in [0.3, 0.4) is 0 Å². The van der Waals surface area contributed by atoms with Crippen LogP contribution in [0.2, 0.25) is 0 Å². The standard InChI is InChI=1S/C13H18N2O3/c14-13(16)9-15-6-7-17-12(8-15)10-18-11-4-2-1-3-5-11/h1-5,12H,6-10H2,(H2,14,16)/t12-/m0/s1. The molecule has 0 bridgehead atoms. The zero-order valence-electron chi connectivity index (χ0n) is 10.2. The summed E-state index contributed by atoms with van der Waals surface area (Å²) in [5.41, 5.74) is 5.18. The SMILES string of the molecule is NC(=O)CN1CCO[C@H](COc2ccccc2)C1. The summed E-state index contributed by atoms with van der Waals surface area (Å²) in [7, 11) is 0. The van der Waals surface area contributed by atoms with E-state index >= 15 is 0 Å². The molecule has 1 saturated heterocycles. The number of carbonyl (C=O) groups is 1. The van der Waals surface area contributed by atoms with Gasteiger partial charge >= 0.3 is 0 Å². The number of morpholine rings is 1. The predicted octanol–water partition coefficient (Wildman–Crippen LogP) is 0.252. The molecule has 1 amide bonds. The Morgan fingerprint density at radius 3 is 2.94 bits per heavy atom. The summed E-state index contributed by atoms with van der Waals surface area (Å²) in [5, 5.41) is 0. The highest BCUT2D eigenvalue weighted by Crippen LogP contribution is 2.11. The van der Waals surface area contributed by atoms with Crippen LogP contribution in [0, 0.1) is 0 Å². The average Bonchev–Trinajstić information content (AvgIpc) is 2.37. The third kappa shape index (κ3) is 4.01. The number of carbonyl (C=O) groups excluding carboxylic acids is 1. The molecular weight excluding hydrogens is 232 g/mol. The van der Waals surface area contributed by atoms with Gasteiger partial charge in [-0.15, -0.1) is 0 Å². The molecule has 2 rings (SSSR count). The molecule has 0 saturated carbocycles. The first kappa shape index (κ1) is 12.9. The van der Waals surface area contributed by atoms with Crippen LogP contribution in [0.15, 0.2) is 30.3 Å². The van der Waals surface area contributed by atoms with Gasteiger partial charge in [0.2, 0.25) is 5.91 Å². The molecule has 0 aromatic heterocycles. The number of ether oxygens (including phenoxy) is 2. The van der Waals surface area contributed by atoms with Gasteiger partial charge in [0.1, 0.15) is 18.5 Å². The summed E-state index contributed by atoms with van der Waals surface area (Å²) in [5.74, 6) is 0.521. The Labute approximate surface area is 106 Å². The van der Waals surface area contributed by atoms with Crippen LogP contribution in [0.4, 0.5) is 0 Å². The first-order valence-corrected chi connectivity index (χ1v) is 6.04. The summed E-state index contributed by atoms with van der Waals surface area (Å²) in [6, 6.07) is 9.61. The molecule has 1 atom stereocenters. The summed E-state index contributed by atoms with van der Waals surface area (Å²) in [4.78, 5) is 12.9. The Morgan fingerprint density at radius 2 is 2.22 bits per heavy atom. The second kappa shape index (κ2) is 6.37. The minimum Gasteiger partial charge on any atom is -0.491 e. The molecule has 1 aliphatic rings. The van der Waals surface area contributed by atoms with Crippen LogP contribution in [0.1, 0.15) is 0 Å². The Balaban J connectivity index is 1.77. The molecule has 1 aromatic rings. The van der Waals surface area contributed by atoms with E-state index in [1.165, 1.54) is 0 Å². The van der Waals surface area contributed by atoms with Crippen LogP contribution in [-0.2, 0) is 9.53 Å². The van der Waals surface area contributed by atoms with E-state index in [0.29, 0.717) is 19.8 Å². The van der Waals surface area contributed by atoms with Gasteiger partial charge in [0.15, 0.2) is 0 Å². The maximum Gasteiger partial charge on any atom is 0.231 e. The smallest absolute Gasteiger partial charge is 0.231 e. The van der Waals surface area contributed by atoms with Crippen molar-refractivity contribution in [2.75, 3.05) is 32.8 Å². The number of hydrogen-bond donors (Lipinski definition) is 1. The predicted molar refractivity (Wildman–Crippen MR) is 67.3 cm³/mol. The topological polar surface area (TPSA) is 64.8 Å². The molecule has 0 spiro atoms. The lowest BCUT2D eigenvalue weighted by Crippen LogP contribution is -2.47. The zero-order valence-corrected chi connectivity index (χ0v) is 10.2. The Kier molecular flexibility index (Phi) is 4.55. The van der Waals surface area contributed by atoms with E-state index in [1.54, 1.807) is 0 Å². The molecule has 1 aromatic carbocycles. The highest BCUT2D eigenvalue weighted by atomic mass is 16.5. The number of nitrogens with zero attached hydrogens (tertiary/aromatic N) is 1. The van der Waals surface area contributed by atoms with Gasteiger partial charge < -0.3 is 15.2 Å². The molecular formula is C13H18N2O3. The first-order valence-electron chi connectivity index (χ1n) is 6.04. The Hall–Kier alpha value is -1.59. The summed E-state index contributed by atoms with van der Waals surface area (Å²) in [6.45, 7) is 2.79. The van der Waals surface area contributed by atoms with E-state index in [1.807, 2.05) is 35.2 Å². The number of nitrogens with two attached hydrogens (primary N) is 1. The molecule has 1 heterocycles. The van der Waals surface area contributed by atoms with Crippen molar-refractivity contribution in [3.63, 3.8) is 0 Å². The number of amides is 1. The van der Waals surface area contributed by atoms with Crippen LogP contribution >= 0.6 is 0 Å². The molecule has 1 aliphatic heterocycles. The highest BCUT2D eigenvalue weighted by Gasteiger charge is 2.21. The van der Waals surface area contributed by atoms with Gasteiger partial charge in [-0.05, 0) is 12.1 Å². The molecule has 2 N–H and O–H groups in total. The van der Waals surface area contributed by atoms with E-state index in [4.69, 9.17) is 15.2 Å². The Bertz CT molecular complexity index is 383. The van der Waals surface area contributed by atoms with Crippen LogP contribution in [-0.4, -0.2) is 49.8 Å². The third-order valence-electron chi connectivity index (χ3n) is 2.78. The van der Waals surface area contributed by atoms with Crippen molar-refractivity contribution >= 4 is 5.91 Å².